The Hall–Kier alpha value is -0.720. The summed E-state index contributed by atoms with van der Waals surface area (Å²) in [5.74, 6) is 2.08. The average Bonchev–Trinajstić information content (AvgIpc) is 1.97. The molecule has 0 N–H and O–H groups in total. The monoisotopic (exact) mass is 168 g/mol. The van der Waals surface area contributed by atoms with Gasteiger partial charge in [0.1, 0.15) is 5.76 Å². The lowest BCUT2D eigenvalue weighted by molar-refractivity contribution is 0.303. The molecule has 0 aliphatic rings. The summed E-state index contributed by atoms with van der Waals surface area (Å²) in [6.45, 7) is 8.59. The summed E-state index contributed by atoms with van der Waals surface area (Å²) in [6.07, 6.45) is 6.28. The first-order valence-electron chi connectivity index (χ1n) is 4.50. The predicted molar refractivity (Wildman–Crippen MR) is 53.9 cm³/mol. The average molecular weight is 168 g/mol. The maximum atomic E-state index is 5.19. The first kappa shape index (κ1) is 11.3. The summed E-state index contributed by atoms with van der Waals surface area (Å²) in [5.41, 5.74) is 0. The van der Waals surface area contributed by atoms with Crippen molar-refractivity contribution in [1.29, 1.82) is 0 Å². The molecule has 0 aliphatic heterocycles. The fourth-order valence-electron chi connectivity index (χ4n) is 0.807. The Bertz CT molecular complexity index is 164. The highest BCUT2D eigenvalue weighted by molar-refractivity contribution is 5.13. The second-order valence-electron chi connectivity index (χ2n) is 3.62. The van der Waals surface area contributed by atoms with Crippen molar-refractivity contribution >= 4 is 0 Å². The number of rotatable bonds is 4. The number of methoxy groups -OCH3 is 1. The van der Waals surface area contributed by atoms with Crippen molar-refractivity contribution < 1.29 is 4.74 Å². The van der Waals surface area contributed by atoms with Crippen molar-refractivity contribution in [3.05, 3.63) is 24.0 Å². The Kier molecular flexibility index (Phi) is 5.52. The highest BCUT2D eigenvalue weighted by Crippen LogP contribution is 2.06. The minimum Gasteiger partial charge on any atom is -0.497 e. The third-order valence-corrected chi connectivity index (χ3v) is 1.38. The number of allylic oxidation sites excluding steroid dienone is 3. The Morgan fingerprint density at radius 2 is 1.67 bits per heavy atom. The Morgan fingerprint density at radius 3 is 2.00 bits per heavy atom. The van der Waals surface area contributed by atoms with Crippen LogP contribution in [0.25, 0.3) is 0 Å². The lowest BCUT2D eigenvalue weighted by Gasteiger charge is -2.03. The Morgan fingerprint density at radius 1 is 1.08 bits per heavy atom. The van der Waals surface area contributed by atoms with E-state index in [9.17, 15) is 0 Å². The van der Waals surface area contributed by atoms with E-state index in [1.165, 1.54) is 0 Å². The first-order valence-corrected chi connectivity index (χ1v) is 4.50. The molecule has 0 aromatic carbocycles. The fourth-order valence-corrected chi connectivity index (χ4v) is 0.807. The molecule has 12 heavy (non-hydrogen) atoms. The van der Waals surface area contributed by atoms with E-state index >= 15 is 0 Å². The molecule has 0 amide bonds. The SMILES string of the molecule is COC(/C=C\C(C)C)=C/C(C)C. The van der Waals surface area contributed by atoms with Crippen LogP contribution in [-0.2, 0) is 4.74 Å². The van der Waals surface area contributed by atoms with Crippen molar-refractivity contribution in [1.82, 2.24) is 0 Å². The van der Waals surface area contributed by atoms with Gasteiger partial charge in [-0.3, -0.25) is 0 Å². The predicted octanol–water partition coefficient (Wildman–Crippen LogP) is 3.38. The molecule has 0 aromatic heterocycles. The standard InChI is InChI=1S/C11H20O/c1-9(2)6-7-11(12-5)8-10(3)4/h6-10H,1-5H3/b7-6-,11-8+. The highest BCUT2D eigenvalue weighted by atomic mass is 16.5. The van der Waals surface area contributed by atoms with Gasteiger partial charge in [-0.25, -0.2) is 0 Å². The normalized spacial score (nSPS) is 13.4. The smallest absolute Gasteiger partial charge is 0.114 e. The highest BCUT2D eigenvalue weighted by Gasteiger charge is 1.93. The van der Waals surface area contributed by atoms with Gasteiger partial charge in [-0.2, -0.15) is 0 Å². The molecule has 0 aromatic rings. The number of hydrogen-bond acceptors (Lipinski definition) is 1. The molecule has 0 unspecified atom stereocenters. The molecule has 0 heterocycles. The molecular weight excluding hydrogens is 148 g/mol. The molecule has 0 saturated carbocycles. The van der Waals surface area contributed by atoms with Gasteiger partial charge in [-0.15, -0.1) is 0 Å². The molecular formula is C11H20O. The zero-order valence-corrected chi connectivity index (χ0v) is 8.79. The van der Waals surface area contributed by atoms with E-state index in [-0.39, 0.29) is 0 Å². The summed E-state index contributed by atoms with van der Waals surface area (Å²) in [5, 5.41) is 0. The van der Waals surface area contributed by atoms with Gasteiger partial charge in [-0.1, -0.05) is 33.8 Å². The van der Waals surface area contributed by atoms with E-state index in [4.69, 9.17) is 4.74 Å². The summed E-state index contributed by atoms with van der Waals surface area (Å²) in [7, 11) is 1.71. The van der Waals surface area contributed by atoms with Crippen LogP contribution in [-0.4, -0.2) is 7.11 Å². The third-order valence-electron chi connectivity index (χ3n) is 1.38. The van der Waals surface area contributed by atoms with Gasteiger partial charge in [0, 0.05) is 0 Å². The maximum Gasteiger partial charge on any atom is 0.114 e. The van der Waals surface area contributed by atoms with Gasteiger partial charge in [0.05, 0.1) is 7.11 Å². The van der Waals surface area contributed by atoms with Crippen LogP contribution in [0.1, 0.15) is 27.7 Å². The van der Waals surface area contributed by atoms with Crippen LogP contribution in [0.4, 0.5) is 0 Å². The van der Waals surface area contributed by atoms with Crippen LogP contribution in [0.3, 0.4) is 0 Å². The lowest BCUT2D eigenvalue weighted by atomic mass is 10.1. The van der Waals surface area contributed by atoms with Crippen LogP contribution in [0, 0.1) is 11.8 Å². The minimum absolute atomic E-state index is 0.539. The summed E-state index contributed by atoms with van der Waals surface area (Å²) < 4.78 is 5.19. The van der Waals surface area contributed by atoms with Gasteiger partial charge in [-0.05, 0) is 24.0 Å². The van der Waals surface area contributed by atoms with Gasteiger partial charge in [0.2, 0.25) is 0 Å². The van der Waals surface area contributed by atoms with E-state index in [1.54, 1.807) is 7.11 Å². The molecule has 1 heteroatoms. The Labute approximate surface area is 76.1 Å². The first-order chi connectivity index (χ1) is 5.56. The summed E-state index contributed by atoms with van der Waals surface area (Å²) in [6, 6.07) is 0. The third kappa shape index (κ3) is 6.02. The molecule has 0 radical (unpaired) electrons. The molecule has 70 valence electrons. The van der Waals surface area contributed by atoms with E-state index in [0.717, 1.165) is 5.76 Å². The lowest BCUT2D eigenvalue weighted by Crippen LogP contribution is -1.88. The topological polar surface area (TPSA) is 9.23 Å². The second-order valence-corrected chi connectivity index (χ2v) is 3.62. The van der Waals surface area contributed by atoms with Gasteiger partial charge in [0.25, 0.3) is 0 Å². The Balaban J connectivity index is 4.17. The van der Waals surface area contributed by atoms with Crippen LogP contribution in [0.15, 0.2) is 24.0 Å². The summed E-state index contributed by atoms with van der Waals surface area (Å²) in [4.78, 5) is 0. The molecule has 0 saturated heterocycles. The number of hydrogen-bond donors (Lipinski definition) is 0. The van der Waals surface area contributed by atoms with E-state index in [0.29, 0.717) is 11.8 Å². The van der Waals surface area contributed by atoms with Crippen molar-refractivity contribution in [2.24, 2.45) is 11.8 Å². The maximum absolute atomic E-state index is 5.19. The van der Waals surface area contributed by atoms with Gasteiger partial charge in [0.15, 0.2) is 0 Å². The quantitative estimate of drug-likeness (QED) is 0.462. The van der Waals surface area contributed by atoms with Crippen LogP contribution >= 0.6 is 0 Å². The van der Waals surface area contributed by atoms with Gasteiger partial charge >= 0.3 is 0 Å². The molecule has 1 nitrogen and oxygen atoms in total. The molecule has 0 aliphatic carbocycles. The van der Waals surface area contributed by atoms with E-state index in [2.05, 4.69) is 39.8 Å². The molecule has 0 fully saturated rings. The zero-order valence-electron chi connectivity index (χ0n) is 8.79. The molecule has 0 bridgehead atoms. The fraction of sp³-hybridized carbons (Fsp3) is 0.636. The molecule has 0 rings (SSSR count). The van der Waals surface area contributed by atoms with Crippen LogP contribution in [0.2, 0.25) is 0 Å². The molecule has 0 spiro atoms. The van der Waals surface area contributed by atoms with Gasteiger partial charge < -0.3 is 4.74 Å². The number of ether oxygens (including phenoxy) is 1. The van der Waals surface area contributed by atoms with Crippen molar-refractivity contribution in [2.75, 3.05) is 7.11 Å². The van der Waals surface area contributed by atoms with Crippen LogP contribution in [0.5, 0.6) is 0 Å². The van der Waals surface area contributed by atoms with Crippen molar-refractivity contribution in [3.8, 4) is 0 Å². The van der Waals surface area contributed by atoms with Crippen molar-refractivity contribution in [3.63, 3.8) is 0 Å². The second kappa shape index (κ2) is 5.87. The minimum atomic E-state index is 0.539. The van der Waals surface area contributed by atoms with Crippen LogP contribution < -0.4 is 0 Å². The zero-order chi connectivity index (χ0) is 9.56. The van der Waals surface area contributed by atoms with E-state index in [1.807, 2.05) is 6.08 Å². The largest absolute Gasteiger partial charge is 0.497 e. The molecule has 0 atom stereocenters. The summed E-state index contributed by atoms with van der Waals surface area (Å²) >= 11 is 0. The van der Waals surface area contributed by atoms with E-state index < -0.39 is 0 Å². The van der Waals surface area contributed by atoms with Crippen molar-refractivity contribution in [2.45, 2.75) is 27.7 Å².